The van der Waals surface area contributed by atoms with Crippen LogP contribution < -0.4 is 51.4 Å². The van der Waals surface area contributed by atoms with Crippen LogP contribution in [-0.4, -0.2) is 128 Å². The van der Waals surface area contributed by atoms with Crippen LogP contribution in [0, 0.1) is 22.7 Å². The molecule has 5 aliphatic heterocycles. The number of carbonyl (C=O) groups is 4. The second-order valence-corrected chi connectivity index (χ2v) is 25.7. The Morgan fingerprint density at radius 3 is 1.21 bits per heavy atom. The second kappa shape index (κ2) is 31.6. The summed E-state index contributed by atoms with van der Waals surface area (Å²) in [5.41, 5.74) is -0.609. The van der Waals surface area contributed by atoms with E-state index in [9.17, 15) is 49.8 Å². The number of esters is 2. The van der Waals surface area contributed by atoms with Gasteiger partial charge in [-0.1, -0.05) is 38.1 Å². The van der Waals surface area contributed by atoms with E-state index in [1.54, 1.807) is 39.8 Å². The number of carboxylic acid groups (broad SMARTS) is 2. The van der Waals surface area contributed by atoms with Gasteiger partial charge >= 0.3 is 75.3 Å². The molecule has 2 aromatic rings. The quantitative estimate of drug-likeness (QED) is 0.0861. The zero-order valence-electron chi connectivity index (χ0n) is 49.7. The summed E-state index contributed by atoms with van der Waals surface area (Å²) in [4.78, 5) is 53.1. The average molecular weight is 1160 g/mol. The number of cyclic esters (lactones) is 2. The van der Waals surface area contributed by atoms with Gasteiger partial charge in [-0.2, -0.15) is 0 Å². The van der Waals surface area contributed by atoms with Crippen molar-refractivity contribution in [3.8, 4) is 11.5 Å². The Kier molecular flexibility index (Phi) is 26.3. The first-order chi connectivity index (χ1) is 38.1. The van der Waals surface area contributed by atoms with Crippen molar-refractivity contribution in [1.29, 1.82) is 0 Å². The van der Waals surface area contributed by atoms with Crippen LogP contribution >= 0.6 is 0 Å². The number of phenolic OH excluding ortho intramolecular Hbond substituents is 2. The largest absolute Gasteiger partial charge is 1.00 e. The van der Waals surface area contributed by atoms with Crippen LogP contribution in [0.3, 0.4) is 0 Å². The number of rotatable bonds is 12. The number of fused-ring (bicyclic) bond motifs is 6. The van der Waals surface area contributed by atoms with E-state index in [0.717, 1.165) is 64.2 Å². The van der Waals surface area contributed by atoms with Crippen molar-refractivity contribution in [3.05, 3.63) is 58.7 Å². The number of carboxylic acids is 2. The van der Waals surface area contributed by atoms with Crippen LogP contribution in [0.5, 0.6) is 11.5 Å². The van der Waals surface area contributed by atoms with Crippen LogP contribution in [-0.2, 0) is 50.9 Å². The third-order valence-electron chi connectivity index (χ3n) is 18.6. The Hall–Kier alpha value is -2.68. The molecular formula is C64H96KO16+. The van der Waals surface area contributed by atoms with Crippen molar-refractivity contribution < 1.29 is 130 Å². The zero-order valence-corrected chi connectivity index (χ0v) is 52.8. The minimum absolute atomic E-state index is 0. The molecule has 0 spiro atoms. The molecule has 0 amide bonds. The Labute approximate surface area is 523 Å². The van der Waals surface area contributed by atoms with E-state index in [1.807, 2.05) is 26.0 Å². The summed E-state index contributed by atoms with van der Waals surface area (Å²) in [6.07, 6.45) is 11.7. The van der Waals surface area contributed by atoms with Crippen molar-refractivity contribution in [2.45, 2.75) is 282 Å². The number of aliphatic carboxylic acids is 2. The normalized spacial score (nSPS) is 31.0. The predicted octanol–water partition coefficient (Wildman–Crippen LogP) is 8.60. The second-order valence-electron chi connectivity index (χ2n) is 25.7. The van der Waals surface area contributed by atoms with Gasteiger partial charge in [0.05, 0.1) is 71.9 Å². The van der Waals surface area contributed by atoms with Gasteiger partial charge in [0.2, 0.25) is 0 Å². The Morgan fingerprint density at radius 1 is 0.494 bits per heavy atom. The van der Waals surface area contributed by atoms with Gasteiger partial charge in [0.15, 0.2) is 0 Å². The minimum Gasteiger partial charge on any atom is -0.507 e. The number of aliphatic hydroxyl groups is 2. The number of carbonyl (C=O) groups excluding carboxylic acids is 2. The molecule has 0 radical (unpaired) electrons. The van der Waals surface area contributed by atoms with E-state index < -0.39 is 71.3 Å². The van der Waals surface area contributed by atoms with Gasteiger partial charge in [0.25, 0.3) is 0 Å². The Morgan fingerprint density at radius 2 is 0.840 bits per heavy atom. The van der Waals surface area contributed by atoms with Crippen molar-refractivity contribution >= 4 is 23.9 Å². The van der Waals surface area contributed by atoms with E-state index in [4.69, 9.17) is 28.4 Å². The van der Waals surface area contributed by atoms with Gasteiger partial charge in [-0.15, -0.1) is 0 Å². The predicted molar refractivity (Wildman–Crippen MR) is 301 cm³/mol. The summed E-state index contributed by atoms with van der Waals surface area (Å²) in [5.74, 6) is -3.90. The maximum absolute atomic E-state index is 14.4. The Balaban J connectivity index is 0.0000106. The standard InChI is InChI=1S/C64H96O16.K/c1-39-31-33-47-23-11-21-45(75-47)19-8-16-42-18-10-28-52(68)58(42)60(70)80-54(38-44(66)36-50-26-14-30-56(78-50)64(5,6)62(73)74)40(2)32-34-48-24-12-22-46(76-48)20-7-15-41-17-9-27-51(67)57(41)59(69)79-53(39)37-43(65)35-49-25-13-29-55(77-49)63(3,4)61(71)72;/h9-10,17-18,27-28,39-40,43-50,53-56,65-68H,7-8,11-16,19-26,29-38H2,1-6H3,(H,71,72)(H,73,74);/q;+1/t39-,40-,43-,44-,45-,46+,47-,48+,49-,50-,53+,54+,55+,56+;/m0./s1. The summed E-state index contributed by atoms with van der Waals surface area (Å²) in [6.45, 7) is 10.7. The molecule has 0 aromatic heterocycles. The molecule has 5 heterocycles. The van der Waals surface area contributed by atoms with Crippen LogP contribution in [0.1, 0.15) is 227 Å². The van der Waals surface area contributed by atoms with Crippen molar-refractivity contribution in [1.82, 2.24) is 0 Å². The van der Waals surface area contributed by atoms with Crippen LogP contribution in [0.15, 0.2) is 36.4 Å². The van der Waals surface area contributed by atoms with Crippen molar-refractivity contribution in [2.24, 2.45) is 22.7 Å². The number of aliphatic hydroxyl groups excluding tert-OH is 2. The molecule has 4 fully saturated rings. The maximum Gasteiger partial charge on any atom is 1.00 e. The summed E-state index contributed by atoms with van der Waals surface area (Å²) in [6, 6.07) is 10.2. The molecule has 0 unspecified atom stereocenters. The van der Waals surface area contributed by atoms with Gasteiger partial charge in [0, 0.05) is 12.8 Å². The fourth-order valence-electron chi connectivity index (χ4n) is 13.2. The molecule has 4 saturated heterocycles. The fraction of sp³-hybridized carbons (Fsp3) is 0.750. The molecule has 2 aromatic carbocycles. The minimum atomic E-state index is -1.09. The van der Waals surface area contributed by atoms with Gasteiger partial charge in [-0.05, 0) is 217 Å². The maximum atomic E-state index is 14.4. The average Bonchev–Trinajstić information content (AvgIpc) is 3.42. The number of hydrogen-bond donors (Lipinski definition) is 6. The Bertz CT molecular complexity index is 2180. The molecule has 17 heteroatoms. The number of benzene rings is 2. The van der Waals surface area contributed by atoms with Gasteiger partial charge < -0.3 is 59.1 Å². The van der Waals surface area contributed by atoms with E-state index in [1.165, 1.54) is 12.1 Å². The van der Waals surface area contributed by atoms with Crippen molar-refractivity contribution in [3.63, 3.8) is 0 Å². The first-order valence-electron chi connectivity index (χ1n) is 30.6. The third kappa shape index (κ3) is 19.2. The molecule has 14 atom stereocenters. The van der Waals surface area contributed by atoms with Crippen LogP contribution in [0.2, 0.25) is 0 Å². The fourth-order valence-corrected chi connectivity index (χ4v) is 13.2. The summed E-state index contributed by atoms with van der Waals surface area (Å²) in [5, 5.41) is 65.8. The van der Waals surface area contributed by atoms with E-state index in [0.29, 0.717) is 88.2 Å². The van der Waals surface area contributed by atoms with Gasteiger partial charge in [-0.25, -0.2) is 9.59 Å². The number of aryl methyl sites for hydroxylation is 2. The SMILES string of the molecule is C[C@H]1CC[C@H]2CCC[C@@H](CCCc3cccc(O)c3C(=O)O[C@H](C[C@@H](O)C[C@@H]3CCC[C@H](C(C)(C)C(=O)O)O3)[C@@H](C)CC[C@@H]3CCC[C@H](CCCc4cccc(O)c4C(=O)O[C@@H]1C[C@@H](O)C[C@@H]1CCC[C@H](C(C)(C)C(=O)O)O1)O3)O2.[K+]. The zero-order chi connectivity index (χ0) is 57.7. The molecule has 4 bridgehead atoms. The molecule has 6 N–H and O–H groups in total. The molecule has 448 valence electrons. The number of ether oxygens (including phenoxy) is 6. The van der Waals surface area contributed by atoms with Gasteiger partial charge in [0.1, 0.15) is 34.8 Å². The van der Waals surface area contributed by atoms with E-state index >= 15 is 0 Å². The molecule has 81 heavy (non-hydrogen) atoms. The van der Waals surface area contributed by atoms with Crippen LogP contribution in [0.4, 0.5) is 0 Å². The molecule has 0 aliphatic carbocycles. The first-order valence-corrected chi connectivity index (χ1v) is 30.6. The number of phenols is 2. The monoisotopic (exact) mass is 1160 g/mol. The molecular weight excluding hydrogens is 1060 g/mol. The third-order valence-corrected chi connectivity index (χ3v) is 18.6. The first kappa shape index (κ1) is 67.4. The summed E-state index contributed by atoms with van der Waals surface area (Å²) < 4.78 is 38.9. The van der Waals surface area contributed by atoms with Crippen molar-refractivity contribution in [2.75, 3.05) is 0 Å². The van der Waals surface area contributed by atoms with E-state index in [2.05, 4.69) is 0 Å². The summed E-state index contributed by atoms with van der Waals surface area (Å²) >= 11 is 0. The molecule has 7 rings (SSSR count). The van der Waals surface area contributed by atoms with E-state index in [-0.39, 0.29) is 148 Å². The van der Waals surface area contributed by atoms with Crippen LogP contribution in [0.25, 0.3) is 0 Å². The molecule has 5 aliphatic rings. The smallest absolute Gasteiger partial charge is 0.507 e. The molecule has 16 nitrogen and oxygen atoms in total. The number of aromatic hydroxyl groups is 2. The number of hydrogen-bond acceptors (Lipinski definition) is 14. The summed E-state index contributed by atoms with van der Waals surface area (Å²) in [7, 11) is 0. The topological polar surface area (TPSA) is 245 Å². The molecule has 0 saturated carbocycles. The van der Waals surface area contributed by atoms with Gasteiger partial charge in [-0.3, -0.25) is 9.59 Å².